The van der Waals surface area contributed by atoms with Gasteiger partial charge in [-0.2, -0.15) is 0 Å². The largest absolute Gasteiger partial charge is 0.356 e. The van der Waals surface area contributed by atoms with Gasteiger partial charge in [0.2, 0.25) is 11.8 Å². The van der Waals surface area contributed by atoms with Gasteiger partial charge >= 0.3 is 0 Å². The zero-order valence-corrected chi connectivity index (χ0v) is 17.3. The lowest BCUT2D eigenvalue weighted by Gasteiger charge is -2.45. The van der Waals surface area contributed by atoms with Crippen LogP contribution < -0.4 is 5.32 Å². The van der Waals surface area contributed by atoms with E-state index in [2.05, 4.69) is 5.32 Å². The third kappa shape index (κ3) is 3.91. The second-order valence-electron chi connectivity index (χ2n) is 10.2. The predicted molar refractivity (Wildman–Crippen MR) is 107 cm³/mol. The summed E-state index contributed by atoms with van der Waals surface area (Å²) in [5, 5.41) is 3.33. The van der Waals surface area contributed by atoms with Crippen LogP contribution in [-0.2, 0) is 9.59 Å². The number of rotatable bonds is 4. The summed E-state index contributed by atoms with van der Waals surface area (Å²) in [6.45, 7) is 0.775. The number of nitrogens with one attached hydrogen (secondary N) is 1. The molecule has 1 N–H and O–H groups in total. The number of hydrogen-bond donors (Lipinski definition) is 1. The summed E-state index contributed by atoms with van der Waals surface area (Å²) in [7, 11) is 3.70. The molecule has 0 spiro atoms. The lowest BCUT2D eigenvalue weighted by Crippen LogP contribution is -2.46. The Bertz CT molecular complexity index is 555. The average molecular weight is 375 g/mol. The molecule has 7 atom stereocenters. The van der Waals surface area contributed by atoms with Crippen molar-refractivity contribution in [3.8, 4) is 0 Å². The number of carbonyl (C=O) groups excluding carboxylic acids is 2. The van der Waals surface area contributed by atoms with Crippen LogP contribution in [0.4, 0.5) is 0 Å². The van der Waals surface area contributed by atoms with E-state index in [4.69, 9.17) is 0 Å². The van der Waals surface area contributed by atoms with Gasteiger partial charge in [-0.25, -0.2) is 0 Å². The van der Waals surface area contributed by atoms with Crippen LogP contribution in [-0.4, -0.2) is 37.4 Å². The number of nitrogens with zero attached hydrogens (tertiary/aromatic N) is 1. The van der Waals surface area contributed by atoms with Crippen LogP contribution in [0, 0.1) is 41.4 Å². The minimum absolute atomic E-state index is 0.156. The lowest BCUT2D eigenvalue weighted by molar-refractivity contribution is -0.134. The van der Waals surface area contributed by atoms with Gasteiger partial charge in [-0.1, -0.05) is 19.3 Å². The SMILES string of the molecule is CN(C)C(=O)C1CCCC(CNC(=O)C2CCC3CCC4CCCC2C43)C1. The van der Waals surface area contributed by atoms with Crippen LogP contribution >= 0.6 is 0 Å². The van der Waals surface area contributed by atoms with E-state index in [0.29, 0.717) is 17.7 Å². The predicted octanol–water partition coefficient (Wildman–Crippen LogP) is 3.85. The molecule has 0 aromatic carbocycles. The van der Waals surface area contributed by atoms with Gasteiger partial charge in [0.25, 0.3) is 0 Å². The molecule has 27 heavy (non-hydrogen) atoms. The Morgan fingerprint density at radius 3 is 2.37 bits per heavy atom. The van der Waals surface area contributed by atoms with Crippen molar-refractivity contribution in [1.29, 1.82) is 0 Å². The van der Waals surface area contributed by atoms with Gasteiger partial charge in [0, 0.05) is 32.5 Å². The fourth-order valence-corrected chi connectivity index (χ4v) is 7.22. The molecule has 4 nitrogen and oxygen atoms in total. The summed E-state index contributed by atoms with van der Waals surface area (Å²) < 4.78 is 0. The molecule has 0 aliphatic heterocycles. The highest BCUT2D eigenvalue weighted by molar-refractivity contribution is 5.79. The van der Waals surface area contributed by atoms with Gasteiger partial charge in [0.05, 0.1) is 0 Å². The topological polar surface area (TPSA) is 49.4 Å². The van der Waals surface area contributed by atoms with Gasteiger partial charge in [-0.3, -0.25) is 9.59 Å². The maximum Gasteiger partial charge on any atom is 0.225 e. The normalized spacial score (nSPS) is 40.9. The Morgan fingerprint density at radius 1 is 0.889 bits per heavy atom. The van der Waals surface area contributed by atoms with E-state index in [1.165, 1.54) is 38.5 Å². The molecule has 0 saturated heterocycles. The molecule has 0 bridgehead atoms. The van der Waals surface area contributed by atoms with Crippen LogP contribution in [0.15, 0.2) is 0 Å². The monoisotopic (exact) mass is 374 g/mol. The quantitative estimate of drug-likeness (QED) is 0.812. The zero-order chi connectivity index (χ0) is 19.0. The highest BCUT2D eigenvalue weighted by Gasteiger charge is 2.49. The number of amides is 2. The summed E-state index contributed by atoms with van der Waals surface area (Å²) in [6, 6.07) is 0. The molecule has 0 heterocycles. The van der Waals surface area contributed by atoms with Crippen LogP contribution in [0.1, 0.15) is 70.6 Å². The van der Waals surface area contributed by atoms with E-state index in [1.54, 1.807) is 4.90 Å². The van der Waals surface area contributed by atoms with E-state index in [-0.39, 0.29) is 17.7 Å². The minimum atomic E-state index is 0.156. The average Bonchev–Trinajstić information content (AvgIpc) is 3.11. The summed E-state index contributed by atoms with van der Waals surface area (Å²) in [4.78, 5) is 27.1. The van der Waals surface area contributed by atoms with E-state index in [9.17, 15) is 9.59 Å². The van der Waals surface area contributed by atoms with Gasteiger partial charge < -0.3 is 10.2 Å². The first-order chi connectivity index (χ1) is 13.0. The van der Waals surface area contributed by atoms with Gasteiger partial charge in [-0.05, 0) is 81.0 Å². The maximum atomic E-state index is 13.1. The standard InChI is InChI=1S/C23H38N2O2/c1-25(2)23(27)18-7-3-5-15(13-18)14-24-22(26)20-12-11-17-10-9-16-6-4-8-19(20)21(16)17/h15-21H,3-14H2,1-2H3,(H,24,26). The van der Waals surface area contributed by atoms with Crippen molar-refractivity contribution >= 4 is 11.8 Å². The van der Waals surface area contributed by atoms with Crippen LogP contribution in [0.3, 0.4) is 0 Å². The Morgan fingerprint density at radius 2 is 1.59 bits per heavy atom. The second-order valence-corrected chi connectivity index (χ2v) is 10.2. The third-order valence-electron chi connectivity index (χ3n) is 8.44. The molecular formula is C23H38N2O2. The smallest absolute Gasteiger partial charge is 0.225 e. The fraction of sp³-hybridized carbons (Fsp3) is 0.913. The first-order valence-corrected chi connectivity index (χ1v) is 11.5. The van der Waals surface area contributed by atoms with E-state index in [0.717, 1.165) is 56.4 Å². The van der Waals surface area contributed by atoms with Gasteiger partial charge in [-0.15, -0.1) is 0 Å². The molecule has 2 amide bonds. The Balaban J connectivity index is 1.31. The van der Waals surface area contributed by atoms with Crippen molar-refractivity contribution in [3.05, 3.63) is 0 Å². The maximum absolute atomic E-state index is 13.1. The van der Waals surface area contributed by atoms with Crippen molar-refractivity contribution in [2.45, 2.75) is 70.6 Å². The molecular weight excluding hydrogens is 336 g/mol. The van der Waals surface area contributed by atoms with Crippen LogP contribution in [0.25, 0.3) is 0 Å². The molecule has 4 heteroatoms. The molecule has 0 aromatic rings. The Kier molecular flexibility index (Phi) is 5.80. The molecule has 4 fully saturated rings. The number of hydrogen-bond acceptors (Lipinski definition) is 2. The van der Waals surface area contributed by atoms with Crippen molar-refractivity contribution < 1.29 is 9.59 Å². The van der Waals surface area contributed by atoms with Crippen LogP contribution in [0.5, 0.6) is 0 Å². The minimum Gasteiger partial charge on any atom is -0.356 e. The lowest BCUT2D eigenvalue weighted by atomic mass is 9.60. The third-order valence-corrected chi connectivity index (χ3v) is 8.44. The van der Waals surface area contributed by atoms with E-state index >= 15 is 0 Å². The highest BCUT2D eigenvalue weighted by Crippen LogP contribution is 2.56. The molecule has 7 unspecified atom stereocenters. The van der Waals surface area contributed by atoms with Crippen molar-refractivity contribution in [2.24, 2.45) is 41.4 Å². The first-order valence-electron chi connectivity index (χ1n) is 11.5. The Labute approximate surface area is 164 Å². The summed E-state index contributed by atoms with van der Waals surface area (Å²) >= 11 is 0. The van der Waals surface area contributed by atoms with Gasteiger partial charge in [0.1, 0.15) is 0 Å². The highest BCUT2D eigenvalue weighted by atomic mass is 16.2. The molecule has 4 saturated carbocycles. The van der Waals surface area contributed by atoms with Crippen molar-refractivity contribution in [1.82, 2.24) is 10.2 Å². The Hall–Kier alpha value is -1.06. The summed E-state index contributed by atoms with van der Waals surface area (Å²) in [6.07, 6.45) is 13.5. The van der Waals surface area contributed by atoms with Gasteiger partial charge in [0.15, 0.2) is 0 Å². The molecule has 0 radical (unpaired) electrons. The van der Waals surface area contributed by atoms with Crippen molar-refractivity contribution in [2.75, 3.05) is 20.6 Å². The van der Waals surface area contributed by atoms with E-state index in [1.807, 2.05) is 14.1 Å². The molecule has 152 valence electrons. The second kappa shape index (κ2) is 8.13. The first kappa shape index (κ1) is 19.3. The molecule has 4 aliphatic carbocycles. The molecule has 4 rings (SSSR count). The zero-order valence-electron chi connectivity index (χ0n) is 17.3. The van der Waals surface area contributed by atoms with Crippen molar-refractivity contribution in [3.63, 3.8) is 0 Å². The fourth-order valence-electron chi connectivity index (χ4n) is 7.22. The molecule has 4 aliphatic rings. The van der Waals surface area contributed by atoms with E-state index < -0.39 is 0 Å². The molecule has 0 aromatic heterocycles. The summed E-state index contributed by atoms with van der Waals surface area (Å²) in [5.74, 6) is 4.81. The summed E-state index contributed by atoms with van der Waals surface area (Å²) in [5.41, 5.74) is 0. The van der Waals surface area contributed by atoms with Crippen LogP contribution in [0.2, 0.25) is 0 Å². The number of carbonyl (C=O) groups is 2.